The summed E-state index contributed by atoms with van der Waals surface area (Å²) in [5.74, 6) is -0.213. The zero-order chi connectivity index (χ0) is 20.5. The lowest BCUT2D eigenvalue weighted by Crippen LogP contribution is -2.48. The summed E-state index contributed by atoms with van der Waals surface area (Å²) in [4.78, 5) is 12.3. The summed E-state index contributed by atoms with van der Waals surface area (Å²) in [7, 11) is -3.88. The molecule has 0 spiro atoms. The molecule has 0 atom stereocenters. The van der Waals surface area contributed by atoms with Crippen molar-refractivity contribution >= 4 is 27.6 Å². The van der Waals surface area contributed by atoms with Gasteiger partial charge in [0, 0.05) is 12.1 Å². The number of amidine groups is 1. The lowest BCUT2D eigenvalue weighted by atomic mass is 10.1. The zero-order valence-corrected chi connectivity index (χ0v) is 16.0. The van der Waals surface area contributed by atoms with E-state index in [-0.39, 0.29) is 24.0 Å². The van der Waals surface area contributed by atoms with Gasteiger partial charge in [-0.25, -0.2) is 0 Å². The second-order valence-corrected chi connectivity index (χ2v) is 8.14. The minimum Gasteiger partial charge on any atom is -0.619 e. The second kappa shape index (κ2) is 7.00. The molecule has 28 heavy (non-hydrogen) atoms. The highest BCUT2D eigenvalue weighted by Gasteiger charge is 2.27. The van der Waals surface area contributed by atoms with Crippen LogP contribution in [0.3, 0.4) is 0 Å². The summed E-state index contributed by atoms with van der Waals surface area (Å²) in [6.45, 7) is 3.60. The van der Waals surface area contributed by atoms with Gasteiger partial charge in [0.25, 0.3) is 5.91 Å². The molecule has 0 radical (unpaired) electrons. The third-order valence-corrected chi connectivity index (χ3v) is 4.76. The van der Waals surface area contributed by atoms with Crippen LogP contribution in [0, 0.1) is 5.21 Å². The maximum Gasteiger partial charge on any atom is 0.344 e. The number of benzene rings is 1. The molecule has 1 aromatic heterocycles. The number of nitrogens with one attached hydrogen (secondary N) is 2. The third kappa shape index (κ3) is 4.31. The lowest BCUT2D eigenvalue weighted by Gasteiger charge is -2.27. The number of ether oxygens (including phenoxy) is 1. The van der Waals surface area contributed by atoms with E-state index in [1.54, 1.807) is 32.0 Å². The number of pyridine rings is 1. The highest BCUT2D eigenvalue weighted by Crippen LogP contribution is 2.30. The SMILES string of the molecule is CC(C)(COc1cccc2c1C(N)=NS(=O)(=O)N2)NC(=O)c1cc[n+]([O-])cc1. The van der Waals surface area contributed by atoms with Gasteiger partial charge in [-0.15, -0.1) is 4.40 Å². The average molecular weight is 405 g/mol. The average Bonchev–Trinajstić information content (AvgIpc) is 2.58. The number of carbonyl (C=O) groups excluding carboxylic acids is 1. The van der Waals surface area contributed by atoms with Gasteiger partial charge in [-0.1, -0.05) is 6.07 Å². The molecule has 2 aromatic rings. The van der Waals surface area contributed by atoms with Crippen molar-refractivity contribution in [3.63, 3.8) is 0 Å². The molecule has 11 heteroatoms. The summed E-state index contributed by atoms with van der Waals surface area (Å²) in [6.07, 6.45) is 2.47. The van der Waals surface area contributed by atoms with Gasteiger partial charge in [0.05, 0.1) is 22.4 Å². The van der Waals surface area contributed by atoms with Gasteiger partial charge in [-0.3, -0.25) is 9.52 Å². The van der Waals surface area contributed by atoms with Gasteiger partial charge < -0.3 is 21.0 Å². The van der Waals surface area contributed by atoms with Gasteiger partial charge in [-0.05, 0) is 26.0 Å². The van der Waals surface area contributed by atoms with Crippen LogP contribution in [0.4, 0.5) is 5.69 Å². The van der Waals surface area contributed by atoms with E-state index in [1.807, 2.05) is 0 Å². The van der Waals surface area contributed by atoms with Crippen molar-refractivity contribution in [2.75, 3.05) is 11.3 Å². The number of carbonyl (C=O) groups is 1. The molecule has 2 heterocycles. The van der Waals surface area contributed by atoms with Crippen molar-refractivity contribution in [3.8, 4) is 5.75 Å². The number of aromatic nitrogens is 1. The topological polar surface area (TPSA) is 150 Å². The lowest BCUT2D eigenvalue weighted by molar-refractivity contribution is -0.605. The number of nitrogens with zero attached hydrogens (tertiary/aromatic N) is 2. The van der Waals surface area contributed by atoms with Crippen LogP contribution in [0.25, 0.3) is 0 Å². The maximum absolute atomic E-state index is 12.3. The van der Waals surface area contributed by atoms with Crippen LogP contribution in [-0.4, -0.2) is 32.3 Å². The van der Waals surface area contributed by atoms with Gasteiger partial charge in [0.2, 0.25) is 0 Å². The predicted molar refractivity (Wildman–Crippen MR) is 102 cm³/mol. The van der Waals surface area contributed by atoms with Gasteiger partial charge >= 0.3 is 10.2 Å². The fraction of sp³-hybridized carbons (Fsp3) is 0.235. The Hall–Kier alpha value is -3.34. The molecule has 0 aliphatic carbocycles. The fourth-order valence-electron chi connectivity index (χ4n) is 2.58. The zero-order valence-electron chi connectivity index (χ0n) is 15.2. The number of hydrogen-bond donors (Lipinski definition) is 3. The number of rotatable bonds is 5. The Bertz CT molecular complexity index is 1050. The van der Waals surface area contributed by atoms with Crippen molar-refractivity contribution in [3.05, 3.63) is 59.1 Å². The van der Waals surface area contributed by atoms with E-state index in [1.165, 1.54) is 24.5 Å². The molecule has 0 saturated heterocycles. The minimum atomic E-state index is -3.88. The Kier molecular flexibility index (Phi) is 4.86. The Morgan fingerprint density at radius 3 is 2.68 bits per heavy atom. The standard InChI is InChI=1S/C17H19N5O5S/c1-17(2,19-16(23)11-6-8-22(24)9-7-11)10-27-13-5-3-4-12-14(13)15(18)21-28(25,26)20-12/h3-9,20H,10H2,1-2H3,(H2,18,21)(H,19,23). The molecule has 0 bridgehead atoms. The number of nitrogens with two attached hydrogens (primary N) is 1. The monoisotopic (exact) mass is 405 g/mol. The molecule has 1 aliphatic rings. The first kappa shape index (κ1) is 19.4. The molecule has 0 saturated carbocycles. The van der Waals surface area contributed by atoms with E-state index < -0.39 is 15.7 Å². The van der Waals surface area contributed by atoms with Gasteiger partial charge in [0.15, 0.2) is 18.2 Å². The summed E-state index contributed by atoms with van der Waals surface area (Å²) < 4.78 is 35.4. The summed E-state index contributed by atoms with van der Waals surface area (Å²) in [5, 5.41) is 13.9. The van der Waals surface area contributed by atoms with Crippen molar-refractivity contribution in [1.29, 1.82) is 0 Å². The molecule has 148 valence electrons. The van der Waals surface area contributed by atoms with Crippen molar-refractivity contribution in [2.24, 2.45) is 10.1 Å². The van der Waals surface area contributed by atoms with E-state index >= 15 is 0 Å². The molecule has 1 aromatic carbocycles. The van der Waals surface area contributed by atoms with E-state index in [0.29, 0.717) is 21.6 Å². The maximum atomic E-state index is 12.3. The van der Waals surface area contributed by atoms with E-state index in [9.17, 15) is 18.4 Å². The van der Waals surface area contributed by atoms with Crippen molar-refractivity contribution in [2.45, 2.75) is 19.4 Å². The molecule has 3 rings (SSSR count). The second-order valence-electron chi connectivity index (χ2n) is 6.81. The Labute approximate surface area is 161 Å². The Morgan fingerprint density at radius 2 is 2.00 bits per heavy atom. The molecule has 1 amide bonds. The quantitative estimate of drug-likeness (QED) is 0.480. The van der Waals surface area contributed by atoms with Gasteiger partial charge in [-0.2, -0.15) is 13.1 Å². The highest BCUT2D eigenvalue weighted by atomic mass is 32.2. The fourth-order valence-corrected chi connectivity index (χ4v) is 3.42. The molecule has 0 fully saturated rings. The van der Waals surface area contributed by atoms with Crippen LogP contribution in [0.15, 0.2) is 47.1 Å². The van der Waals surface area contributed by atoms with Crippen LogP contribution >= 0.6 is 0 Å². The van der Waals surface area contributed by atoms with Crippen LogP contribution in [0.2, 0.25) is 0 Å². The molecule has 4 N–H and O–H groups in total. The molecule has 1 aliphatic heterocycles. The first-order valence-corrected chi connectivity index (χ1v) is 9.66. The van der Waals surface area contributed by atoms with Crippen molar-refractivity contribution < 1.29 is 22.7 Å². The summed E-state index contributed by atoms with van der Waals surface area (Å²) in [6, 6.07) is 7.62. The van der Waals surface area contributed by atoms with E-state index in [4.69, 9.17) is 10.5 Å². The Morgan fingerprint density at radius 1 is 1.32 bits per heavy atom. The number of hydrogen-bond acceptors (Lipinski definition) is 6. The normalized spacial score (nSPS) is 15.0. The van der Waals surface area contributed by atoms with Crippen LogP contribution in [-0.2, 0) is 10.2 Å². The first-order chi connectivity index (χ1) is 13.1. The molecular formula is C17H19N5O5S. The summed E-state index contributed by atoms with van der Waals surface area (Å²) >= 11 is 0. The Balaban J connectivity index is 1.73. The summed E-state index contributed by atoms with van der Waals surface area (Å²) in [5.41, 5.74) is 5.95. The molecule has 0 unspecified atom stereocenters. The first-order valence-electron chi connectivity index (χ1n) is 8.22. The molecular weight excluding hydrogens is 386 g/mol. The minimum absolute atomic E-state index is 0.0730. The van der Waals surface area contributed by atoms with E-state index in [2.05, 4.69) is 14.4 Å². The predicted octanol–water partition coefficient (Wildman–Crippen LogP) is 0.283. The third-order valence-electron chi connectivity index (χ3n) is 3.84. The van der Waals surface area contributed by atoms with Crippen LogP contribution in [0.1, 0.15) is 29.8 Å². The number of fused-ring (bicyclic) bond motifs is 1. The van der Waals surface area contributed by atoms with E-state index in [0.717, 1.165) is 0 Å². The number of amides is 1. The van der Waals surface area contributed by atoms with Crippen LogP contribution in [0.5, 0.6) is 5.75 Å². The van der Waals surface area contributed by atoms with Crippen LogP contribution < -0.4 is 25.2 Å². The van der Waals surface area contributed by atoms with Crippen molar-refractivity contribution in [1.82, 2.24) is 5.32 Å². The molecule has 10 nitrogen and oxygen atoms in total. The largest absolute Gasteiger partial charge is 0.619 e. The van der Waals surface area contributed by atoms with Gasteiger partial charge in [0.1, 0.15) is 12.4 Å². The smallest absolute Gasteiger partial charge is 0.344 e. The highest BCUT2D eigenvalue weighted by molar-refractivity contribution is 7.91. The number of anilines is 1.